The number of hydrogen-bond acceptors (Lipinski definition) is 7. The summed E-state index contributed by atoms with van der Waals surface area (Å²) in [6, 6.07) is 24.1. The van der Waals surface area contributed by atoms with Crippen molar-refractivity contribution >= 4 is 52.7 Å². The van der Waals surface area contributed by atoms with Crippen LogP contribution in [0.5, 0.6) is 11.5 Å². The van der Waals surface area contributed by atoms with Gasteiger partial charge < -0.3 is 9.84 Å². The van der Waals surface area contributed by atoms with Gasteiger partial charge >= 0.3 is 0 Å². The predicted octanol–water partition coefficient (Wildman–Crippen LogP) is 7.37. The van der Waals surface area contributed by atoms with Crippen LogP contribution in [0.3, 0.4) is 0 Å². The number of ether oxygens (including phenoxy) is 1. The first-order chi connectivity index (χ1) is 26.1. The summed E-state index contributed by atoms with van der Waals surface area (Å²) in [4.78, 5) is 60.1. The van der Waals surface area contributed by atoms with Crippen LogP contribution in [0.15, 0.2) is 121 Å². The summed E-state index contributed by atoms with van der Waals surface area (Å²) in [7, 11) is 0. The summed E-state index contributed by atoms with van der Waals surface area (Å²) in [5.74, 6) is -5.44. The summed E-state index contributed by atoms with van der Waals surface area (Å²) in [5.41, 5.74) is 5.72. The molecule has 5 aliphatic rings. The van der Waals surface area contributed by atoms with E-state index in [0.29, 0.717) is 38.8 Å². The van der Waals surface area contributed by atoms with Gasteiger partial charge in [-0.1, -0.05) is 60.2 Å². The molecule has 6 unspecified atom stereocenters. The van der Waals surface area contributed by atoms with Crippen molar-refractivity contribution in [1.29, 1.82) is 0 Å². The normalized spacial score (nSPS) is 27.0. The lowest BCUT2D eigenvalue weighted by atomic mass is 9.48. The van der Waals surface area contributed by atoms with Gasteiger partial charge in [-0.3, -0.25) is 29.5 Å². The third-order valence-electron chi connectivity index (χ3n) is 11.8. The fourth-order valence-corrected chi connectivity index (χ4v) is 9.61. The number of nitrogens with one attached hydrogen (secondary N) is 1. The molecule has 0 aromatic heterocycles. The fourth-order valence-electron chi connectivity index (χ4n) is 9.49. The van der Waals surface area contributed by atoms with Gasteiger partial charge in [0.1, 0.15) is 17.3 Å². The molecule has 54 heavy (non-hydrogen) atoms. The van der Waals surface area contributed by atoms with Gasteiger partial charge in [0.05, 0.1) is 40.8 Å². The third-order valence-corrected chi connectivity index (χ3v) is 12.0. The number of aromatic hydroxyl groups is 1. The second-order valence-electron chi connectivity index (χ2n) is 14.5. The van der Waals surface area contributed by atoms with E-state index in [1.54, 1.807) is 73.0 Å². The number of hydrogen-bond donors (Lipinski definition) is 2. The van der Waals surface area contributed by atoms with Crippen molar-refractivity contribution in [1.82, 2.24) is 5.01 Å². The molecule has 11 heteroatoms. The van der Waals surface area contributed by atoms with Gasteiger partial charge in [0.25, 0.3) is 11.8 Å². The molecule has 0 radical (unpaired) electrons. The van der Waals surface area contributed by atoms with Crippen LogP contribution in [0.4, 0.5) is 15.8 Å². The van der Waals surface area contributed by atoms with Crippen LogP contribution in [-0.2, 0) is 31.0 Å². The van der Waals surface area contributed by atoms with Crippen LogP contribution in [0, 0.1) is 35.4 Å². The van der Waals surface area contributed by atoms with E-state index >= 15 is 4.79 Å². The van der Waals surface area contributed by atoms with Gasteiger partial charge in [0.15, 0.2) is 0 Å². The van der Waals surface area contributed by atoms with E-state index in [1.807, 2.05) is 6.08 Å². The Morgan fingerprint density at radius 3 is 2.37 bits per heavy atom. The maximum absolute atomic E-state index is 15.4. The zero-order valence-corrected chi connectivity index (χ0v) is 29.5. The van der Waals surface area contributed by atoms with E-state index < -0.39 is 52.6 Å². The molecular formula is C43H33ClFN3O6. The Kier molecular flexibility index (Phi) is 7.86. The van der Waals surface area contributed by atoms with E-state index in [4.69, 9.17) is 16.3 Å². The van der Waals surface area contributed by atoms with E-state index in [1.165, 1.54) is 35.2 Å². The number of amides is 4. The molecule has 6 atom stereocenters. The standard InChI is InChI=1S/C43H33ClFN3O6/c1-2-23-3-13-30(14-4-23)47-39(50)33-17-16-32-34(37(33)41(47)52)21-35-40(51)48(46-29-11-9-28(45)10-12-29)42(53)43(35,26-5-7-27(44)8-6-26)38(32)25-19-24-20-31(49)15-18-36(24)54-22-25/h2-16,18,20,22,33-35,37-38,46,49H,1,17,19,21H2. The Labute approximate surface area is 315 Å². The van der Waals surface area contributed by atoms with Crippen LogP contribution in [0.2, 0.25) is 5.02 Å². The van der Waals surface area contributed by atoms with Crippen molar-refractivity contribution in [3.63, 3.8) is 0 Å². The topological polar surface area (TPSA) is 116 Å². The Morgan fingerprint density at radius 2 is 1.65 bits per heavy atom. The number of nitrogens with zero attached hydrogens (tertiary/aromatic N) is 2. The molecule has 9 rings (SSSR count). The number of benzene rings is 4. The van der Waals surface area contributed by atoms with E-state index in [9.17, 15) is 23.9 Å². The third kappa shape index (κ3) is 4.96. The lowest BCUT2D eigenvalue weighted by Crippen LogP contribution is -2.55. The molecule has 3 fully saturated rings. The second kappa shape index (κ2) is 12.6. The Hall–Kier alpha value is -6.00. The average Bonchev–Trinajstić information content (AvgIpc) is 3.56. The molecule has 2 aliphatic carbocycles. The van der Waals surface area contributed by atoms with Gasteiger partial charge in [-0.15, -0.1) is 0 Å². The molecule has 3 aliphatic heterocycles. The van der Waals surface area contributed by atoms with Crippen molar-refractivity contribution in [2.75, 3.05) is 10.3 Å². The molecular weight excluding hydrogens is 709 g/mol. The van der Waals surface area contributed by atoms with Crippen LogP contribution >= 0.6 is 11.6 Å². The highest BCUT2D eigenvalue weighted by Gasteiger charge is 2.70. The van der Waals surface area contributed by atoms with Crippen molar-refractivity contribution in [3.8, 4) is 11.5 Å². The molecule has 4 aromatic carbocycles. The fraction of sp³-hybridized carbons (Fsp3) is 0.209. The van der Waals surface area contributed by atoms with Crippen LogP contribution < -0.4 is 15.1 Å². The smallest absolute Gasteiger partial charge is 0.260 e. The largest absolute Gasteiger partial charge is 0.508 e. The number of rotatable bonds is 6. The summed E-state index contributed by atoms with van der Waals surface area (Å²) >= 11 is 6.39. The highest BCUT2D eigenvalue weighted by atomic mass is 35.5. The van der Waals surface area contributed by atoms with Gasteiger partial charge in [0.2, 0.25) is 11.8 Å². The molecule has 1 saturated carbocycles. The summed E-state index contributed by atoms with van der Waals surface area (Å²) < 4.78 is 20.1. The molecule has 0 spiro atoms. The number of hydrazine groups is 1. The number of carbonyl (C=O) groups is 4. The van der Waals surface area contributed by atoms with E-state index in [0.717, 1.165) is 16.1 Å². The van der Waals surface area contributed by atoms with Crippen molar-refractivity contribution in [2.45, 2.75) is 24.7 Å². The zero-order chi connectivity index (χ0) is 37.5. The Balaban J connectivity index is 1.22. The number of fused-ring (bicyclic) bond motifs is 5. The van der Waals surface area contributed by atoms with Gasteiger partial charge in [-0.05, 0) is 102 Å². The highest BCUT2D eigenvalue weighted by molar-refractivity contribution is 6.30. The number of anilines is 2. The van der Waals surface area contributed by atoms with Crippen molar-refractivity contribution in [2.24, 2.45) is 29.6 Å². The Bertz CT molecular complexity index is 2340. The minimum atomic E-state index is -1.54. The minimum absolute atomic E-state index is 0.0446. The molecule has 2 N–H and O–H groups in total. The van der Waals surface area contributed by atoms with Gasteiger partial charge in [-0.25, -0.2) is 4.39 Å². The number of imide groups is 2. The van der Waals surface area contributed by atoms with Crippen LogP contribution in [-0.4, -0.2) is 33.7 Å². The molecule has 9 nitrogen and oxygen atoms in total. The molecule has 0 bridgehead atoms. The molecule has 270 valence electrons. The SMILES string of the molecule is C=Cc1ccc(N2C(=O)C3CC=C4C(CC5C(=O)N(Nc6ccc(F)cc6)C(=O)C5(c5ccc(Cl)cc5)C4C4=COc5ccc(O)cc5C4)C3C2=O)cc1. The first-order valence-corrected chi connectivity index (χ1v) is 18.1. The number of allylic oxidation sites excluding steroid dienone is 3. The number of phenols is 1. The van der Waals surface area contributed by atoms with Crippen LogP contribution in [0.1, 0.15) is 29.5 Å². The number of carbonyl (C=O) groups excluding carboxylic acids is 4. The molecule has 2 saturated heterocycles. The second-order valence-corrected chi connectivity index (χ2v) is 14.9. The quantitative estimate of drug-likeness (QED) is 0.157. The first kappa shape index (κ1) is 33.8. The lowest BCUT2D eigenvalue weighted by molar-refractivity contribution is -0.139. The predicted molar refractivity (Wildman–Crippen MR) is 199 cm³/mol. The van der Waals surface area contributed by atoms with Gasteiger partial charge in [-0.2, -0.15) is 5.01 Å². The first-order valence-electron chi connectivity index (χ1n) is 17.7. The molecule has 4 aromatic rings. The monoisotopic (exact) mass is 741 g/mol. The number of phenolic OH excluding ortho intramolecular Hbond substituents is 1. The van der Waals surface area contributed by atoms with Crippen molar-refractivity contribution < 1.29 is 33.4 Å². The lowest BCUT2D eigenvalue weighted by Gasteiger charge is -2.51. The minimum Gasteiger partial charge on any atom is -0.508 e. The number of halogens is 2. The molecule has 3 heterocycles. The average molecular weight is 742 g/mol. The molecule has 4 amide bonds. The van der Waals surface area contributed by atoms with E-state index in [2.05, 4.69) is 12.0 Å². The Morgan fingerprint density at radius 1 is 0.907 bits per heavy atom. The van der Waals surface area contributed by atoms with E-state index in [-0.39, 0.29) is 36.8 Å². The van der Waals surface area contributed by atoms with Gasteiger partial charge in [0, 0.05) is 22.9 Å². The summed E-state index contributed by atoms with van der Waals surface area (Å²) in [5, 5.41) is 11.9. The maximum atomic E-state index is 15.4. The maximum Gasteiger partial charge on any atom is 0.260 e. The zero-order valence-electron chi connectivity index (χ0n) is 28.7. The highest BCUT2D eigenvalue weighted by Crippen LogP contribution is 2.63. The summed E-state index contributed by atoms with van der Waals surface area (Å²) in [6.45, 7) is 3.79. The summed E-state index contributed by atoms with van der Waals surface area (Å²) in [6.07, 6.45) is 5.90. The van der Waals surface area contributed by atoms with Crippen LogP contribution in [0.25, 0.3) is 6.08 Å². The van der Waals surface area contributed by atoms with Crippen molar-refractivity contribution in [3.05, 3.63) is 149 Å².